The first-order valence-electron chi connectivity index (χ1n) is 9.49. The molecule has 1 aromatic heterocycles. The Hall–Kier alpha value is -4.05. The van der Waals surface area contributed by atoms with Crippen LogP contribution in [0.25, 0.3) is 10.9 Å². The van der Waals surface area contributed by atoms with E-state index in [0.29, 0.717) is 0 Å². The highest BCUT2D eigenvalue weighted by Gasteiger charge is 2.40. The normalized spacial score (nSPS) is 16.9. The van der Waals surface area contributed by atoms with Crippen molar-refractivity contribution >= 4 is 57.5 Å². The Morgan fingerprint density at radius 3 is 2.81 bits per heavy atom. The summed E-state index contributed by atoms with van der Waals surface area (Å²) in [4.78, 5) is 41.4. The van der Waals surface area contributed by atoms with Crippen LogP contribution in [0, 0.1) is 0 Å². The lowest BCUT2D eigenvalue weighted by molar-refractivity contribution is -0.255. The second kappa shape index (κ2) is 8.98. The van der Waals surface area contributed by atoms with Crippen LogP contribution in [-0.4, -0.2) is 39.4 Å². The number of hydrogen-bond acceptors (Lipinski definition) is 8. The van der Waals surface area contributed by atoms with E-state index >= 15 is 0 Å². The first-order chi connectivity index (χ1) is 15.4. The van der Waals surface area contributed by atoms with Gasteiger partial charge in [0.15, 0.2) is 5.17 Å². The fourth-order valence-electron chi connectivity index (χ4n) is 3.29. The van der Waals surface area contributed by atoms with Gasteiger partial charge in [0, 0.05) is 23.6 Å². The van der Waals surface area contributed by atoms with Crippen molar-refractivity contribution in [3.8, 4) is 0 Å². The number of amidine groups is 1. The Morgan fingerprint density at radius 2 is 2.00 bits per heavy atom. The third kappa shape index (κ3) is 4.35. The minimum absolute atomic E-state index is 0.0242. The molecule has 3 aromatic rings. The average molecular weight is 446 g/mol. The Bertz CT molecular complexity index is 1280. The number of hydrogen-bond donors (Lipinski definition) is 1. The molecule has 32 heavy (non-hydrogen) atoms. The number of nitrogens with zero attached hydrogens (tertiary/aromatic N) is 4. The van der Waals surface area contributed by atoms with Crippen molar-refractivity contribution < 1.29 is 19.5 Å². The molecule has 160 valence electrons. The molecule has 1 atom stereocenters. The van der Waals surface area contributed by atoms with Crippen LogP contribution in [0.15, 0.2) is 71.0 Å². The fraction of sp³-hybridized carbons (Fsp3) is 0.0909. The molecule has 0 bridgehead atoms. The molecule has 2 heterocycles. The zero-order valence-corrected chi connectivity index (χ0v) is 17.4. The molecule has 1 fully saturated rings. The highest BCUT2D eigenvalue weighted by Crippen LogP contribution is 2.30. The van der Waals surface area contributed by atoms with Crippen LogP contribution in [0.3, 0.4) is 0 Å². The molecule has 0 saturated carbocycles. The molecule has 0 spiro atoms. The summed E-state index contributed by atoms with van der Waals surface area (Å²) in [6, 6.07) is 14.8. The minimum Gasteiger partial charge on any atom is -0.545 e. The maximum atomic E-state index is 12.7. The van der Waals surface area contributed by atoms with Crippen LogP contribution >= 0.6 is 11.8 Å². The molecular weight excluding hydrogens is 430 g/mol. The summed E-state index contributed by atoms with van der Waals surface area (Å²) in [7, 11) is 0. The number of fused-ring (bicyclic) bond motifs is 1. The van der Waals surface area contributed by atoms with E-state index < -0.39 is 23.0 Å². The van der Waals surface area contributed by atoms with E-state index in [2.05, 4.69) is 15.2 Å². The van der Waals surface area contributed by atoms with Gasteiger partial charge in [0.2, 0.25) is 11.8 Å². The quantitative estimate of drug-likeness (QED) is 0.270. The van der Waals surface area contributed by atoms with Gasteiger partial charge in [-0.2, -0.15) is 5.10 Å². The predicted molar refractivity (Wildman–Crippen MR) is 120 cm³/mol. The molecule has 0 unspecified atom stereocenters. The van der Waals surface area contributed by atoms with Gasteiger partial charge >= 0.3 is 0 Å². The van der Waals surface area contributed by atoms with Crippen molar-refractivity contribution in [1.29, 1.82) is 0 Å². The minimum atomic E-state index is -1.40. The Balaban J connectivity index is 1.47. The number of rotatable bonds is 5. The van der Waals surface area contributed by atoms with Crippen molar-refractivity contribution in [3.63, 3.8) is 0 Å². The highest BCUT2D eigenvalue weighted by atomic mass is 32.2. The van der Waals surface area contributed by atoms with E-state index in [1.807, 2.05) is 24.3 Å². The monoisotopic (exact) mass is 446 g/mol. The lowest BCUT2D eigenvalue weighted by atomic mass is 10.1. The Morgan fingerprint density at radius 1 is 1.19 bits per heavy atom. The smallest absolute Gasteiger partial charge is 0.247 e. The number of benzene rings is 2. The van der Waals surface area contributed by atoms with Gasteiger partial charge in [-0.05, 0) is 29.8 Å². The molecule has 2 amide bonds. The summed E-state index contributed by atoms with van der Waals surface area (Å²) < 4.78 is 0. The second-order valence-electron chi connectivity index (χ2n) is 6.82. The molecule has 1 saturated heterocycles. The summed E-state index contributed by atoms with van der Waals surface area (Å²) in [6.07, 6.45) is 3.11. The van der Waals surface area contributed by atoms with Crippen molar-refractivity contribution in [1.82, 2.24) is 4.98 Å². The Labute approximate surface area is 186 Å². The number of aromatic nitrogens is 1. The van der Waals surface area contributed by atoms with E-state index in [0.717, 1.165) is 33.1 Å². The largest absolute Gasteiger partial charge is 0.545 e. The maximum Gasteiger partial charge on any atom is 0.247 e. The van der Waals surface area contributed by atoms with Crippen LogP contribution in [0.2, 0.25) is 0 Å². The summed E-state index contributed by atoms with van der Waals surface area (Å²) in [6.45, 7) is 0. The van der Waals surface area contributed by atoms with Gasteiger partial charge in [-0.15, -0.1) is 5.10 Å². The number of carboxylic acid groups (broad SMARTS) is 1. The highest BCUT2D eigenvalue weighted by molar-refractivity contribution is 8.14. The Kier molecular flexibility index (Phi) is 5.95. The van der Waals surface area contributed by atoms with Gasteiger partial charge < -0.3 is 15.6 Å². The maximum absolute atomic E-state index is 12.7. The number of aromatic carboxylic acids is 1. The number of amides is 2. The molecule has 0 aliphatic carbocycles. The first-order valence-corrected chi connectivity index (χ1v) is 10.4. The number of para-hydroxylation sites is 1. The number of imide groups is 1. The molecule has 4 rings (SSSR count). The van der Waals surface area contributed by atoms with Gasteiger partial charge in [-0.1, -0.05) is 42.1 Å². The second-order valence-corrected chi connectivity index (χ2v) is 8.04. The standard InChI is InChI=1S/C22H17N5O4S/c23-22(26-25-12-14-8-9-24-17-7-2-1-6-16(14)17)32-18-11-19(28)27(20(18)29)15-5-3-4-13(10-15)21(30)31/h1-10,12,18H,11H2,(H2,23,26)(H,30,31)/p-1/b25-12-/t18-/m1/s1. The third-order valence-corrected chi connectivity index (χ3v) is 5.72. The predicted octanol–water partition coefficient (Wildman–Crippen LogP) is 1.31. The molecular formula is C22H16N5O4S-. The van der Waals surface area contributed by atoms with Crippen LogP contribution in [0.5, 0.6) is 0 Å². The van der Waals surface area contributed by atoms with Crippen LogP contribution in [0.1, 0.15) is 22.3 Å². The van der Waals surface area contributed by atoms with Gasteiger partial charge in [0.25, 0.3) is 0 Å². The van der Waals surface area contributed by atoms with Crippen molar-refractivity contribution in [2.45, 2.75) is 11.7 Å². The summed E-state index contributed by atoms with van der Waals surface area (Å²) >= 11 is 0.928. The molecule has 2 aromatic carbocycles. The van der Waals surface area contributed by atoms with Crippen molar-refractivity contribution in [2.75, 3.05) is 4.90 Å². The number of carbonyl (C=O) groups is 3. The van der Waals surface area contributed by atoms with E-state index in [9.17, 15) is 19.5 Å². The number of carbonyl (C=O) groups excluding carboxylic acids is 3. The lowest BCUT2D eigenvalue weighted by Gasteiger charge is -2.16. The lowest BCUT2D eigenvalue weighted by Crippen LogP contribution is -2.32. The molecule has 0 radical (unpaired) electrons. The molecule has 2 N–H and O–H groups in total. The van der Waals surface area contributed by atoms with Crippen molar-refractivity contribution in [2.24, 2.45) is 15.9 Å². The molecule has 1 aliphatic heterocycles. The van der Waals surface area contributed by atoms with Crippen LogP contribution in [-0.2, 0) is 9.59 Å². The average Bonchev–Trinajstić information content (AvgIpc) is 3.06. The summed E-state index contributed by atoms with van der Waals surface area (Å²) in [5.74, 6) is -2.35. The fourth-order valence-corrected chi connectivity index (χ4v) is 4.11. The van der Waals surface area contributed by atoms with Gasteiger partial charge in [-0.25, -0.2) is 4.90 Å². The molecule has 1 aliphatic rings. The van der Waals surface area contributed by atoms with Gasteiger partial charge in [0.1, 0.15) is 5.25 Å². The van der Waals surface area contributed by atoms with E-state index in [4.69, 9.17) is 5.73 Å². The van der Waals surface area contributed by atoms with E-state index in [-0.39, 0.29) is 22.8 Å². The zero-order valence-electron chi connectivity index (χ0n) is 16.5. The van der Waals surface area contributed by atoms with Crippen molar-refractivity contribution in [3.05, 3.63) is 71.9 Å². The first kappa shape index (κ1) is 21.2. The van der Waals surface area contributed by atoms with Gasteiger partial charge in [0.05, 0.1) is 23.4 Å². The number of pyridine rings is 1. The van der Waals surface area contributed by atoms with Gasteiger partial charge in [-0.3, -0.25) is 14.6 Å². The van der Waals surface area contributed by atoms with Crippen LogP contribution in [0.4, 0.5) is 5.69 Å². The number of anilines is 1. The number of carboxylic acids is 1. The summed E-state index contributed by atoms with van der Waals surface area (Å²) in [5.41, 5.74) is 7.58. The number of thioether (sulfide) groups is 1. The third-order valence-electron chi connectivity index (χ3n) is 4.74. The summed E-state index contributed by atoms with van der Waals surface area (Å²) in [5, 5.41) is 19.1. The zero-order chi connectivity index (χ0) is 22.7. The number of nitrogens with two attached hydrogens (primary N) is 1. The van der Waals surface area contributed by atoms with Crippen LogP contribution < -0.4 is 15.7 Å². The van der Waals surface area contributed by atoms with E-state index in [1.54, 1.807) is 12.3 Å². The molecule has 10 heteroatoms. The molecule has 9 nitrogen and oxygen atoms in total. The topological polar surface area (TPSA) is 141 Å². The van der Waals surface area contributed by atoms with E-state index in [1.165, 1.54) is 30.5 Å². The SMILES string of the molecule is NC(=N/N=C\c1ccnc2ccccc12)S[C@@H]1CC(=O)N(c2cccc(C(=O)[O-])c2)C1=O.